The molecule has 0 aliphatic heterocycles. The van der Waals surface area contributed by atoms with Crippen LogP contribution in [0.25, 0.3) is 0 Å². The van der Waals surface area contributed by atoms with Crippen molar-refractivity contribution in [1.82, 2.24) is 0 Å². The molecule has 0 heterocycles. The Hall–Kier alpha value is -3.36. The van der Waals surface area contributed by atoms with Crippen molar-refractivity contribution in [3.63, 3.8) is 0 Å². The van der Waals surface area contributed by atoms with Crippen LogP contribution in [0, 0.1) is 27.4 Å². The number of nitro groups is 1. The second-order valence-electron chi connectivity index (χ2n) is 7.61. The predicted octanol–water partition coefficient (Wildman–Crippen LogP) is 2.67. The summed E-state index contributed by atoms with van der Waals surface area (Å²) in [5.41, 5.74) is -1.24. The number of nitrogens with zero attached hydrogens (tertiary/aromatic N) is 1. The minimum absolute atomic E-state index is 0.0197. The predicted molar refractivity (Wildman–Crippen MR) is 105 cm³/mol. The van der Waals surface area contributed by atoms with Crippen molar-refractivity contribution in [2.45, 2.75) is 33.8 Å². The van der Waals surface area contributed by atoms with E-state index in [1.54, 1.807) is 20.8 Å². The molecular weight excluding hydrogens is 394 g/mol. The van der Waals surface area contributed by atoms with Gasteiger partial charge >= 0.3 is 11.9 Å². The molecule has 0 saturated heterocycles. The number of Topliss-reactive ketones (excluding diaryl/α,β-unsaturated/α-hetero) is 2. The van der Waals surface area contributed by atoms with Gasteiger partial charge in [-0.1, -0.05) is 19.9 Å². The molecule has 30 heavy (non-hydrogen) atoms. The quantitative estimate of drug-likeness (QED) is 0.299. The van der Waals surface area contributed by atoms with Gasteiger partial charge in [-0.05, 0) is 26.0 Å². The zero-order valence-corrected chi connectivity index (χ0v) is 17.3. The number of hydrogen-bond acceptors (Lipinski definition) is 8. The van der Waals surface area contributed by atoms with E-state index in [9.17, 15) is 29.3 Å². The second kappa shape index (κ2) is 8.56. The van der Waals surface area contributed by atoms with Crippen LogP contribution >= 0.6 is 0 Å². The largest absolute Gasteiger partial charge is 0.466 e. The van der Waals surface area contributed by atoms with Crippen LogP contribution in [0.5, 0.6) is 0 Å². The highest BCUT2D eigenvalue weighted by Crippen LogP contribution is 2.49. The third-order valence-electron chi connectivity index (χ3n) is 5.42. The number of nitro benzene ring substituents is 1. The molecule has 1 aliphatic carbocycles. The molecule has 1 aromatic carbocycles. The van der Waals surface area contributed by atoms with E-state index in [1.165, 1.54) is 32.2 Å². The van der Waals surface area contributed by atoms with Gasteiger partial charge in [-0.3, -0.25) is 19.7 Å². The van der Waals surface area contributed by atoms with Gasteiger partial charge < -0.3 is 9.47 Å². The van der Waals surface area contributed by atoms with E-state index >= 15 is 0 Å². The van der Waals surface area contributed by atoms with Crippen molar-refractivity contribution in [3.8, 4) is 0 Å². The maximum atomic E-state index is 13.2. The lowest BCUT2D eigenvalue weighted by Gasteiger charge is -2.31. The van der Waals surface area contributed by atoms with E-state index in [2.05, 4.69) is 0 Å². The third kappa shape index (κ3) is 4.00. The molecule has 1 saturated carbocycles. The third-order valence-corrected chi connectivity index (χ3v) is 5.42. The second-order valence-corrected chi connectivity index (χ2v) is 7.61. The maximum Gasteiger partial charge on any atom is 0.338 e. The van der Waals surface area contributed by atoms with Crippen LogP contribution in [-0.4, -0.2) is 41.6 Å². The number of benzene rings is 1. The summed E-state index contributed by atoms with van der Waals surface area (Å²) >= 11 is 0. The molecule has 0 spiro atoms. The average molecular weight is 417 g/mol. The first-order valence-corrected chi connectivity index (χ1v) is 9.21. The zero-order valence-electron chi connectivity index (χ0n) is 17.3. The number of ketones is 2. The van der Waals surface area contributed by atoms with Gasteiger partial charge in [-0.25, -0.2) is 9.59 Å². The highest BCUT2D eigenvalue weighted by atomic mass is 16.6. The molecule has 1 aromatic rings. The van der Waals surface area contributed by atoms with Gasteiger partial charge in [-0.2, -0.15) is 0 Å². The first-order valence-electron chi connectivity index (χ1n) is 9.21. The van der Waals surface area contributed by atoms with Gasteiger partial charge in [0.25, 0.3) is 5.69 Å². The van der Waals surface area contributed by atoms with Gasteiger partial charge in [0.15, 0.2) is 11.9 Å². The molecule has 0 amide bonds. The molecule has 9 heteroatoms. The molecule has 0 unspecified atom stereocenters. The lowest BCUT2D eigenvalue weighted by Crippen LogP contribution is -2.38. The first kappa shape index (κ1) is 22.9. The Bertz CT molecular complexity index is 929. The molecule has 9 nitrogen and oxygen atoms in total. The van der Waals surface area contributed by atoms with Crippen LogP contribution in [0.3, 0.4) is 0 Å². The molecule has 160 valence electrons. The number of allylic oxidation sites excluding steroid dienone is 1. The van der Waals surface area contributed by atoms with Crippen molar-refractivity contribution in [3.05, 3.63) is 51.6 Å². The lowest BCUT2D eigenvalue weighted by molar-refractivity contribution is -0.384. The van der Waals surface area contributed by atoms with Gasteiger partial charge in [0.05, 0.1) is 23.5 Å². The highest BCUT2D eigenvalue weighted by molar-refractivity contribution is 6.06. The maximum absolute atomic E-state index is 13.2. The van der Waals surface area contributed by atoms with Crippen molar-refractivity contribution in [2.75, 3.05) is 7.11 Å². The summed E-state index contributed by atoms with van der Waals surface area (Å²) in [6.45, 7) is 6.11. The minimum atomic E-state index is -1.29. The molecule has 0 aromatic heterocycles. The van der Waals surface area contributed by atoms with Crippen LogP contribution in [0.2, 0.25) is 0 Å². The summed E-state index contributed by atoms with van der Waals surface area (Å²) in [4.78, 5) is 60.5. The van der Waals surface area contributed by atoms with Crippen molar-refractivity contribution < 1.29 is 33.6 Å². The highest BCUT2D eigenvalue weighted by Gasteiger charge is 2.60. The summed E-state index contributed by atoms with van der Waals surface area (Å²) in [6, 6.07) is 4.74. The number of esters is 2. The smallest absolute Gasteiger partial charge is 0.338 e. The number of methoxy groups -OCH3 is 1. The van der Waals surface area contributed by atoms with Crippen LogP contribution < -0.4 is 0 Å². The summed E-state index contributed by atoms with van der Waals surface area (Å²) < 4.78 is 10.2. The topological polar surface area (TPSA) is 130 Å². The molecule has 0 bridgehead atoms. The van der Waals surface area contributed by atoms with Crippen LogP contribution in [-0.2, 0) is 23.9 Å². The molecule has 1 fully saturated rings. The van der Waals surface area contributed by atoms with Crippen LogP contribution in [0.15, 0.2) is 35.9 Å². The molecule has 0 radical (unpaired) electrons. The molecule has 0 N–H and O–H groups in total. The fourth-order valence-corrected chi connectivity index (χ4v) is 4.02. The Morgan fingerprint density at radius 3 is 2.17 bits per heavy atom. The normalized spacial score (nSPS) is 23.0. The summed E-state index contributed by atoms with van der Waals surface area (Å²) in [7, 11) is 1.17. The molecule has 3 atom stereocenters. The Kier molecular flexibility index (Phi) is 6.54. The number of hydrogen-bond donors (Lipinski definition) is 0. The molecule has 1 aliphatic rings. The Balaban J connectivity index is 2.41. The number of rotatable bonds is 6. The number of ether oxygens (including phenoxy) is 2. The Labute approximate surface area is 173 Å². The number of carbonyl (C=O) groups excluding carboxylic acids is 4. The standard InChI is InChI=1S/C21H23NO8/c1-6-14(20(26)29-5)15-16(11(2)23)21(3,4)18(17(15)24)30-19(25)12-7-9-13(10-8-12)22(27)28/h6-10,15-16,18H,1-5H3/b14-6+/t15-,16+,18+/m1/s1. The lowest BCUT2D eigenvalue weighted by atomic mass is 9.73. The number of carbonyl (C=O) groups is 4. The van der Waals surface area contributed by atoms with Gasteiger partial charge in [0.2, 0.25) is 0 Å². The average Bonchev–Trinajstić information content (AvgIpc) is 2.88. The van der Waals surface area contributed by atoms with E-state index in [4.69, 9.17) is 9.47 Å². The van der Waals surface area contributed by atoms with Gasteiger partial charge in [0.1, 0.15) is 5.78 Å². The molecular formula is C21H23NO8. The monoisotopic (exact) mass is 417 g/mol. The SMILES string of the molecule is C/C=C(/C(=O)OC)[C@H]1C(=O)[C@H](OC(=O)c2ccc([N+](=O)[O-])cc2)C(C)(C)[C@H]1C(C)=O. The number of non-ortho nitro benzene ring substituents is 1. The Morgan fingerprint density at radius 1 is 1.17 bits per heavy atom. The van der Waals surface area contributed by atoms with E-state index in [0.29, 0.717) is 0 Å². The van der Waals surface area contributed by atoms with E-state index in [1.807, 2.05) is 0 Å². The van der Waals surface area contributed by atoms with Crippen molar-refractivity contribution >= 4 is 29.2 Å². The van der Waals surface area contributed by atoms with Crippen molar-refractivity contribution in [2.24, 2.45) is 17.3 Å². The Morgan fingerprint density at radius 2 is 1.73 bits per heavy atom. The van der Waals surface area contributed by atoms with Crippen molar-refractivity contribution in [1.29, 1.82) is 0 Å². The molecule has 2 rings (SSSR count). The first-order chi connectivity index (χ1) is 14.0. The van der Waals surface area contributed by atoms with Gasteiger partial charge in [-0.15, -0.1) is 0 Å². The van der Waals surface area contributed by atoms with E-state index in [0.717, 1.165) is 12.1 Å². The van der Waals surface area contributed by atoms with Gasteiger partial charge in [0, 0.05) is 29.0 Å². The minimum Gasteiger partial charge on any atom is -0.466 e. The fraction of sp³-hybridized carbons (Fsp3) is 0.429. The zero-order chi connectivity index (χ0) is 22.8. The van der Waals surface area contributed by atoms with E-state index in [-0.39, 0.29) is 22.6 Å². The summed E-state index contributed by atoms with van der Waals surface area (Å²) in [5.74, 6) is -4.50. The fourth-order valence-electron chi connectivity index (χ4n) is 4.02. The van der Waals surface area contributed by atoms with E-state index < -0.39 is 46.0 Å². The van der Waals surface area contributed by atoms with Crippen LogP contribution in [0.4, 0.5) is 5.69 Å². The van der Waals surface area contributed by atoms with Crippen LogP contribution in [0.1, 0.15) is 38.1 Å². The summed E-state index contributed by atoms with van der Waals surface area (Å²) in [5, 5.41) is 10.8. The summed E-state index contributed by atoms with van der Waals surface area (Å²) in [6.07, 6.45) is 0.125.